The van der Waals surface area contributed by atoms with Crippen LogP contribution in [0.25, 0.3) is 0 Å². The van der Waals surface area contributed by atoms with Gasteiger partial charge in [0, 0.05) is 6.08 Å². The van der Waals surface area contributed by atoms with Gasteiger partial charge in [0.05, 0.1) is 6.54 Å². The SMILES string of the molecule is C=CC(=O)OCCNC(=O)C(F)(F)SC. The first kappa shape index (κ1) is 13.9. The fourth-order valence-electron chi connectivity index (χ4n) is 0.571. The molecule has 0 aliphatic heterocycles. The lowest BCUT2D eigenvalue weighted by Gasteiger charge is -2.12. The summed E-state index contributed by atoms with van der Waals surface area (Å²) in [6, 6.07) is 0. The van der Waals surface area contributed by atoms with E-state index in [4.69, 9.17) is 0 Å². The van der Waals surface area contributed by atoms with E-state index in [-0.39, 0.29) is 24.9 Å². The number of nitrogens with one attached hydrogen (secondary N) is 1. The standard InChI is InChI=1S/C8H11F2NO3S/c1-3-6(12)14-5-4-11-7(13)8(9,10)15-2/h3H,1,4-5H2,2H3,(H,11,13). The van der Waals surface area contributed by atoms with Crippen molar-refractivity contribution in [3.05, 3.63) is 12.7 Å². The zero-order valence-electron chi connectivity index (χ0n) is 8.09. The fraction of sp³-hybridized carbons (Fsp3) is 0.500. The predicted octanol–water partition coefficient (Wildman–Crippen LogP) is 0.788. The highest BCUT2D eigenvalue weighted by Crippen LogP contribution is 2.25. The number of carbonyl (C=O) groups excluding carboxylic acids is 2. The van der Waals surface area contributed by atoms with Gasteiger partial charge in [0.2, 0.25) is 0 Å². The number of halogens is 2. The summed E-state index contributed by atoms with van der Waals surface area (Å²) >= 11 is 0.135. The highest BCUT2D eigenvalue weighted by molar-refractivity contribution is 8.00. The number of carbonyl (C=O) groups is 2. The van der Waals surface area contributed by atoms with E-state index in [0.717, 1.165) is 12.3 Å². The van der Waals surface area contributed by atoms with Gasteiger partial charge in [0.25, 0.3) is 0 Å². The van der Waals surface area contributed by atoms with Crippen LogP contribution < -0.4 is 5.32 Å². The summed E-state index contributed by atoms with van der Waals surface area (Å²) in [6.45, 7) is 2.82. The Bertz CT molecular complexity index is 258. The normalized spacial score (nSPS) is 10.6. The smallest absolute Gasteiger partial charge is 0.370 e. The molecule has 0 rings (SSSR count). The molecule has 1 amide bonds. The minimum absolute atomic E-state index is 0.135. The fourth-order valence-corrected chi connectivity index (χ4v) is 0.828. The van der Waals surface area contributed by atoms with Gasteiger partial charge in [-0.05, 0) is 6.26 Å². The maximum absolute atomic E-state index is 12.6. The minimum atomic E-state index is -3.46. The van der Waals surface area contributed by atoms with Crippen LogP contribution in [-0.4, -0.2) is 36.5 Å². The molecule has 0 atom stereocenters. The Balaban J connectivity index is 3.73. The van der Waals surface area contributed by atoms with Gasteiger partial charge in [-0.3, -0.25) is 4.79 Å². The predicted molar refractivity (Wildman–Crippen MR) is 52.6 cm³/mol. The monoisotopic (exact) mass is 239 g/mol. The molecule has 0 aromatic heterocycles. The second kappa shape index (κ2) is 6.39. The first-order valence-corrected chi connectivity index (χ1v) is 5.17. The van der Waals surface area contributed by atoms with E-state index >= 15 is 0 Å². The van der Waals surface area contributed by atoms with Crippen molar-refractivity contribution in [3.63, 3.8) is 0 Å². The molecule has 4 nitrogen and oxygen atoms in total. The molecule has 0 spiro atoms. The third-order valence-corrected chi connectivity index (χ3v) is 2.02. The summed E-state index contributed by atoms with van der Waals surface area (Å²) in [4.78, 5) is 21.3. The molecule has 86 valence electrons. The van der Waals surface area contributed by atoms with Gasteiger partial charge < -0.3 is 10.1 Å². The van der Waals surface area contributed by atoms with Crippen molar-refractivity contribution in [1.29, 1.82) is 0 Å². The molecule has 0 aliphatic carbocycles. The average molecular weight is 239 g/mol. The molecule has 0 bridgehead atoms. The van der Waals surface area contributed by atoms with Crippen LogP contribution in [0.1, 0.15) is 0 Å². The van der Waals surface area contributed by atoms with Crippen molar-refractivity contribution in [3.8, 4) is 0 Å². The molecule has 0 saturated heterocycles. The molecule has 0 aromatic rings. The van der Waals surface area contributed by atoms with Gasteiger partial charge >= 0.3 is 17.1 Å². The molecule has 0 fully saturated rings. The summed E-state index contributed by atoms with van der Waals surface area (Å²) in [5.74, 6) is -2.06. The van der Waals surface area contributed by atoms with Crippen LogP contribution in [0, 0.1) is 0 Å². The first-order valence-electron chi connectivity index (χ1n) is 3.94. The minimum Gasteiger partial charge on any atom is -0.461 e. The quantitative estimate of drug-likeness (QED) is 0.423. The highest BCUT2D eigenvalue weighted by Gasteiger charge is 2.37. The van der Waals surface area contributed by atoms with Crippen LogP contribution in [0.2, 0.25) is 0 Å². The second-order valence-corrected chi connectivity index (χ2v) is 3.27. The molecular formula is C8H11F2NO3S. The van der Waals surface area contributed by atoms with E-state index in [1.807, 2.05) is 5.32 Å². The molecule has 0 aliphatic rings. The number of amides is 1. The molecule has 0 aromatic carbocycles. The number of hydrogen-bond acceptors (Lipinski definition) is 4. The number of esters is 1. The first-order chi connectivity index (χ1) is 6.94. The van der Waals surface area contributed by atoms with Crippen molar-refractivity contribution in [2.45, 2.75) is 5.25 Å². The van der Waals surface area contributed by atoms with Crippen molar-refractivity contribution in [2.24, 2.45) is 0 Å². The number of ether oxygens (including phenoxy) is 1. The maximum atomic E-state index is 12.6. The Labute approximate surface area is 90.0 Å². The summed E-state index contributed by atoms with van der Waals surface area (Å²) in [5.41, 5.74) is 0. The number of alkyl halides is 2. The molecule has 7 heteroatoms. The van der Waals surface area contributed by atoms with Crippen LogP contribution in [0.15, 0.2) is 12.7 Å². The van der Waals surface area contributed by atoms with Crippen molar-refractivity contribution < 1.29 is 23.1 Å². The van der Waals surface area contributed by atoms with Crippen LogP contribution in [0.5, 0.6) is 0 Å². The summed E-state index contributed by atoms with van der Waals surface area (Å²) in [7, 11) is 0. The Kier molecular flexibility index (Phi) is 5.92. The molecule has 0 heterocycles. The summed E-state index contributed by atoms with van der Waals surface area (Å²) in [6.07, 6.45) is 2.07. The zero-order valence-corrected chi connectivity index (χ0v) is 8.90. The third kappa shape index (κ3) is 5.36. The average Bonchev–Trinajstić information content (AvgIpc) is 2.23. The van der Waals surface area contributed by atoms with Gasteiger partial charge in [-0.15, -0.1) is 0 Å². The number of thioether (sulfide) groups is 1. The van der Waals surface area contributed by atoms with Crippen molar-refractivity contribution in [2.75, 3.05) is 19.4 Å². The van der Waals surface area contributed by atoms with Gasteiger partial charge in [-0.1, -0.05) is 18.3 Å². The Hall–Kier alpha value is -1.11. The topological polar surface area (TPSA) is 55.4 Å². The third-order valence-electron chi connectivity index (χ3n) is 1.32. The van der Waals surface area contributed by atoms with Gasteiger partial charge in [0.15, 0.2) is 0 Å². The Morgan fingerprint density at radius 1 is 1.60 bits per heavy atom. The van der Waals surface area contributed by atoms with E-state index in [2.05, 4.69) is 11.3 Å². The second-order valence-electron chi connectivity index (χ2n) is 2.35. The number of rotatable bonds is 6. The van der Waals surface area contributed by atoms with E-state index in [1.54, 1.807) is 0 Å². The van der Waals surface area contributed by atoms with Crippen LogP contribution in [0.4, 0.5) is 8.78 Å². The highest BCUT2D eigenvalue weighted by atomic mass is 32.2. The lowest BCUT2D eigenvalue weighted by molar-refractivity contribution is -0.139. The molecule has 0 radical (unpaired) electrons. The lowest BCUT2D eigenvalue weighted by atomic mass is 10.5. The van der Waals surface area contributed by atoms with E-state index in [0.29, 0.717) is 0 Å². The molecule has 0 saturated carbocycles. The maximum Gasteiger partial charge on any atom is 0.370 e. The largest absolute Gasteiger partial charge is 0.461 e. The van der Waals surface area contributed by atoms with Crippen molar-refractivity contribution in [1.82, 2.24) is 5.32 Å². The Morgan fingerprint density at radius 3 is 2.67 bits per heavy atom. The van der Waals surface area contributed by atoms with Gasteiger partial charge in [0.1, 0.15) is 6.61 Å². The molecule has 1 N–H and O–H groups in total. The molecule has 15 heavy (non-hydrogen) atoms. The number of hydrogen-bond donors (Lipinski definition) is 1. The van der Waals surface area contributed by atoms with Gasteiger partial charge in [-0.25, -0.2) is 4.79 Å². The van der Waals surface area contributed by atoms with E-state index in [1.165, 1.54) is 0 Å². The van der Waals surface area contributed by atoms with Crippen LogP contribution in [0.3, 0.4) is 0 Å². The summed E-state index contributed by atoms with van der Waals surface area (Å²) < 4.78 is 29.7. The van der Waals surface area contributed by atoms with Crippen molar-refractivity contribution >= 4 is 23.6 Å². The Morgan fingerprint density at radius 2 is 2.20 bits per heavy atom. The van der Waals surface area contributed by atoms with Crippen LogP contribution in [-0.2, 0) is 14.3 Å². The van der Waals surface area contributed by atoms with E-state index < -0.39 is 17.1 Å². The van der Waals surface area contributed by atoms with Gasteiger partial charge in [-0.2, -0.15) is 8.78 Å². The zero-order chi connectivity index (χ0) is 11.9. The summed E-state index contributed by atoms with van der Waals surface area (Å²) in [5, 5.41) is -1.52. The van der Waals surface area contributed by atoms with E-state index in [9.17, 15) is 18.4 Å². The lowest BCUT2D eigenvalue weighted by Crippen LogP contribution is -2.39. The van der Waals surface area contributed by atoms with Crippen LogP contribution >= 0.6 is 11.8 Å². The molecule has 0 unspecified atom stereocenters. The molecular weight excluding hydrogens is 228 g/mol.